The predicted octanol–water partition coefficient (Wildman–Crippen LogP) is 4.14. The van der Waals surface area contributed by atoms with Crippen molar-refractivity contribution in [3.63, 3.8) is 0 Å². The summed E-state index contributed by atoms with van der Waals surface area (Å²) < 4.78 is 22.3. The molecule has 0 aromatic heterocycles. The van der Waals surface area contributed by atoms with E-state index in [1.54, 1.807) is 32.4 Å². The monoisotopic (exact) mass is 449 g/mol. The molecular formula is C23H32NO6P. The zero-order valence-corrected chi connectivity index (χ0v) is 20.2. The molecule has 1 unspecified atom stereocenters. The van der Waals surface area contributed by atoms with Gasteiger partial charge in [-0.2, -0.15) is 9.90 Å². The Balaban J connectivity index is 0.00000341. The van der Waals surface area contributed by atoms with Gasteiger partial charge in [-0.1, -0.05) is 12.1 Å². The number of anilines is 1. The highest BCUT2D eigenvalue weighted by molar-refractivity contribution is 6.92. The average molecular weight is 449 g/mol. The van der Waals surface area contributed by atoms with Crippen LogP contribution in [0.5, 0.6) is 11.5 Å². The van der Waals surface area contributed by atoms with Gasteiger partial charge in [-0.05, 0) is 56.7 Å². The summed E-state index contributed by atoms with van der Waals surface area (Å²) >= 11 is 0. The third kappa shape index (κ3) is 5.48. The lowest BCUT2D eigenvalue weighted by atomic mass is 9.88. The summed E-state index contributed by atoms with van der Waals surface area (Å²) in [6, 6.07) is 12.7. The fourth-order valence-corrected chi connectivity index (χ4v) is 3.39. The Morgan fingerprint density at radius 3 is 2.48 bits per heavy atom. The second-order valence-electron chi connectivity index (χ2n) is 7.72. The number of amides is 1. The number of fused-ring (bicyclic) bond motifs is 1. The van der Waals surface area contributed by atoms with Crippen molar-refractivity contribution in [1.29, 1.82) is 0 Å². The molecule has 0 saturated heterocycles. The molecule has 0 bridgehead atoms. The summed E-state index contributed by atoms with van der Waals surface area (Å²) in [7, 11) is 3.18. The highest BCUT2D eigenvalue weighted by atomic mass is 31.0. The van der Waals surface area contributed by atoms with E-state index in [0.29, 0.717) is 23.6 Å². The second-order valence-corrected chi connectivity index (χ2v) is 7.72. The van der Waals surface area contributed by atoms with E-state index in [9.17, 15) is 9.90 Å². The van der Waals surface area contributed by atoms with Crippen LogP contribution in [0.15, 0.2) is 42.5 Å². The zero-order chi connectivity index (χ0) is 21.9. The minimum absolute atomic E-state index is 0. The van der Waals surface area contributed by atoms with E-state index in [-0.39, 0.29) is 16.5 Å². The van der Waals surface area contributed by atoms with Crippen LogP contribution in [0.4, 0.5) is 10.5 Å². The van der Waals surface area contributed by atoms with Crippen molar-refractivity contribution in [2.45, 2.75) is 45.2 Å². The molecule has 1 N–H and O–H groups in total. The summed E-state index contributed by atoms with van der Waals surface area (Å²) in [5.41, 5.74) is 1.39. The van der Waals surface area contributed by atoms with Crippen molar-refractivity contribution >= 4 is 21.7 Å². The van der Waals surface area contributed by atoms with Crippen molar-refractivity contribution in [3.8, 4) is 11.5 Å². The summed E-state index contributed by atoms with van der Waals surface area (Å²) in [6.45, 7) is 6.30. The Hall–Kier alpha value is -2.34. The summed E-state index contributed by atoms with van der Waals surface area (Å²) in [5.74, 6) is 1.40. The Morgan fingerprint density at radius 1 is 1.19 bits per heavy atom. The van der Waals surface area contributed by atoms with Gasteiger partial charge in [0, 0.05) is 25.4 Å². The first-order valence-electron chi connectivity index (χ1n) is 9.93. The minimum atomic E-state index is -0.845. The fourth-order valence-electron chi connectivity index (χ4n) is 3.39. The van der Waals surface area contributed by atoms with Gasteiger partial charge >= 0.3 is 6.09 Å². The molecule has 2 aromatic carbocycles. The molecule has 0 aliphatic carbocycles. The quantitative estimate of drug-likeness (QED) is 0.668. The minimum Gasteiger partial charge on any atom is -0.494 e. The van der Waals surface area contributed by atoms with Crippen LogP contribution in [0, 0.1) is 0 Å². The number of nitrogens with zero attached hydrogens (tertiary/aromatic N) is 1. The van der Waals surface area contributed by atoms with Gasteiger partial charge < -0.3 is 24.1 Å². The molecule has 0 fully saturated rings. The first-order valence-corrected chi connectivity index (χ1v) is 9.93. The number of methoxy groups -OCH3 is 1. The number of carbonyl (C=O) groups excluding carboxylic acids is 1. The molecule has 0 saturated carbocycles. The van der Waals surface area contributed by atoms with Gasteiger partial charge in [0.1, 0.15) is 35.9 Å². The van der Waals surface area contributed by atoms with Crippen molar-refractivity contribution in [2.75, 3.05) is 25.7 Å². The Kier molecular flexibility index (Phi) is 8.29. The third-order valence-electron chi connectivity index (χ3n) is 5.18. The van der Waals surface area contributed by atoms with Gasteiger partial charge in [0.2, 0.25) is 0 Å². The van der Waals surface area contributed by atoms with Gasteiger partial charge in [-0.3, -0.25) is 4.90 Å². The van der Waals surface area contributed by atoms with Crippen LogP contribution in [0.25, 0.3) is 0 Å². The van der Waals surface area contributed by atoms with E-state index in [4.69, 9.17) is 18.9 Å². The van der Waals surface area contributed by atoms with Crippen LogP contribution >= 0.6 is 9.90 Å². The third-order valence-corrected chi connectivity index (χ3v) is 5.18. The van der Waals surface area contributed by atoms with E-state index >= 15 is 0 Å². The smallest absolute Gasteiger partial charge is 0.414 e. The normalized spacial score (nSPS) is 18.8. The molecule has 0 radical (unpaired) electrons. The number of rotatable bonds is 6. The highest BCUT2D eigenvalue weighted by Crippen LogP contribution is 2.42. The van der Waals surface area contributed by atoms with Gasteiger partial charge in [-0.25, -0.2) is 4.79 Å². The lowest BCUT2D eigenvalue weighted by Gasteiger charge is -2.41. The number of ether oxygens (including phenoxy) is 4. The van der Waals surface area contributed by atoms with Crippen LogP contribution in [-0.4, -0.2) is 43.7 Å². The molecular weight excluding hydrogens is 417 g/mol. The van der Waals surface area contributed by atoms with Gasteiger partial charge in [0.25, 0.3) is 0 Å². The fraction of sp³-hybridized carbons (Fsp3) is 0.435. The van der Waals surface area contributed by atoms with Gasteiger partial charge in [0.15, 0.2) is 0 Å². The van der Waals surface area contributed by atoms with Crippen molar-refractivity contribution in [3.05, 3.63) is 53.6 Å². The van der Waals surface area contributed by atoms with E-state index in [1.807, 2.05) is 45.0 Å². The number of benzene rings is 2. The molecule has 2 aromatic rings. The molecule has 1 heterocycles. The number of hydrogen-bond donors (Lipinski definition) is 1. The topological polar surface area (TPSA) is 77.5 Å². The molecule has 3 atom stereocenters. The summed E-state index contributed by atoms with van der Waals surface area (Å²) in [6.07, 6.45) is -1.89. The molecule has 0 spiro atoms. The molecule has 8 heteroatoms. The average Bonchev–Trinajstić information content (AvgIpc) is 2.73. The van der Waals surface area contributed by atoms with Crippen LogP contribution in [0.2, 0.25) is 0 Å². The maximum atomic E-state index is 12.5. The van der Waals surface area contributed by atoms with Crippen LogP contribution in [0.3, 0.4) is 0 Å². The molecule has 31 heavy (non-hydrogen) atoms. The maximum absolute atomic E-state index is 12.5. The largest absolute Gasteiger partial charge is 0.494 e. The molecule has 1 aliphatic rings. The van der Waals surface area contributed by atoms with Crippen molar-refractivity contribution < 1.29 is 28.8 Å². The van der Waals surface area contributed by atoms with E-state index < -0.39 is 23.9 Å². The first-order chi connectivity index (χ1) is 14.3. The number of carbonyl (C=O) groups is 1. The summed E-state index contributed by atoms with van der Waals surface area (Å²) in [5, 5.41) is 10.6. The van der Waals surface area contributed by atoms with E-state index in [1.165, 1.54) is 4.90 Å². The molecule has 170 valence electrons. The zero-order valence-electron chi connectivity index (χ0n) is 18.8. The number of aliphatic hydroxyl groups excluding tert-OH is 1. The molecule has 1 aliphatic heterocycles. The van der Waals surface area contributed by atoms with Crippen molar-refractivity contribution in [2.24, 2.45) is 0 Å². The van der Waals surface area contributed by atoms with E-state index in [0.717, 1.165) is 11.3 Å². The van der Waals surface area contributed by atoms with Gasteiger partial charge in [-0.15, -0.1) is 0 Å². The molecule has 1 amide bonds. The van der Waals surface area contributed by atoms with Crippen LogP contribution in [0.1, 0.15) is 38.0 Å². The maximum Gasteiger partial charge on any atom is 0.414 e. The first kappa shape index (κ1) is 24.9. The Labute approximate surface area is 186 Å². The Morgan fingerprint density at radius 2 is 1.87 bits per heavy atom. The predicted molar refractivity (Wildman–Crippen MR) is 124 cm³/mol. The van der Waals surface area contributed by atoms with Gasteiger partial charge in [0.05, 0.1) is 6.61 Å². The molecule has 7 nitrogen and oxygen atoms in total. The number of hydrogen-bond acceptors (Lipinski definition) is 6. The lowest BCUT2D eigenvalue weighted by Crippen LogP contribution is -2.49. The standard InChI is InChI=1S/C23H29NO6.H3P/c1-6-28-17-10-7-15(8-11-17)14-29-22(26)24(4)16-9-12-19-18(13-16)20(27-5)21(25)23(2,3)30-19;/h7-13,20-21,25H,6,14H2,1-5H3;1H3/t20-,21+;/m1./s1. The summed E-state index contributed by atoms with van der Waals surface area (Å²) in [4.78, 5) is 14.0. The highest BCUT2D eigenvalue weighted by Gasteiger charge is 2.43. The number of aliphatic hydroxyl groups is 1. The van der Waals surface area contributed by atoms with E-state index in [2.05, 4.69) is 0 Å². The Bertz CT molecular complexity index is 886. The SMILES string of the molecule is CCOc1ccc(COC(=O)N(C)c2ccc3c(c2)[C@@H](OC)[C@H](O)C(C)(C)O3)cc1.P. The van der Waals surface area contributed by atoms with Crippen LogP contribution in [-0.2, 0) is 16.1 Å². The van der Waals surface area contributed by atoms with Crippen molar-refractivity contribution in [1.82, 2.24) is 0 Å². The molecule has 3 rings (SSSR count). The lowest BCUT2D eigenvalue weighted by molar-refractivity contribution is -0.124. The van der Waals surface area contributed by atoms with Crippen LogP contribution < -0.4 is 14.4 Å². The second kappa shape index (κ2) is 10.3.